The van der Waals surface area contributed by atoms with Gasteiger partial charge in [-0.25, -0.2) is 14.8 Å². The summed E-state index contributed by atoms with van der Waals surface area (Å²) < 4.78 is 1.75. The van der Waals surface area contributed by atoms with Gasteiger partial charge in [0.15, 0.2) is 11.3 Å². The minimum atomic E-state index is -0.0880. The van der Waals surface area contributed by atoms with Crippen LogP contribution in [0.3, 0.4) is 0 Å². The van der Waals surface area contributed by atoms with Crippen LogP contribution in [0.15, 0.2) is 11.0 Å². The van der Waals surface area contributed by atoms with Crippen LogP contribution in [0.2, 0.25) is 0 Å². The second kappa shape index (κ2) is 3.41. The average Bonchev–Trinajstić information content (AvgIpc) is 3.07. The van der Waals surface area contributed by atoms with E-state index < -0.39 is 0 Å². The third-order valence-electron chi connectivity index (χ3n) is 3.95. The third kappa shape index (κ3) is 1.42. The van der Waals surface area contributed by atoms with Crippen molar-refractivity contribution in [1.82, 2.24) is 19.5 Å². The van der Waals surface area contributed by atoms with Crippen molar-refractivity contribution in [3.63, 3.8) is 0 Å². The molecule has 4 rings (SSSR count). The molecule has 0 amide bonds. The highest BCUT2D eigenvalue weighted by Gasteiger charge is 2.31. The lowest BCUT2D eigenvalue weighted by atomic mass is 9.79. The number of fused-ring (bicyclic) bond motifs is 1. The van der Waals surface area contributed by atoms with Crippen LogP contribution in [0.1, 0.15) is 43.3 Å². The second-order valence-electron chi connectivity index (χ2n) is 5.43. The molecule has 0 radical (unpaired) electrons. The maximum atomic E-state index is 11.8. The molecule has 0 spiro atoms. The van der Waals surface area contributed by atoms with Gasteiger partial charge in [-0.15, -0.1) is 0 Å². The first-order valence-electron chi connectivity index (χ1n) is 6.45. The second-order valence-corrected chi connectivity index (χ2v) is 5.43. The number of nitrogens with two attached hydrogens (primary N) is 1. The third-order valence-corrected chi connectivity index (χ3v) is 3.95. The minimum Gasteiger partial charge on any atom is -0.328 e. The Labute approximate surface area is 103 Å². The first-order valence-corrected chi connectivity index (χ1v) is 6.45. The number of hydrogen-bond acceptors (Lipinski definition) is 4. The molecule has 18 heavy (non-hydrogen) atoms. The van der Waals surface area contributed by atoms with Gasteiger partial charge in [0.05, 0.1) is 11.9 Å². The molecule has 0 aromatic carbocycles. The maximum absolute atomic E-state index is 11.8. The van der Waals surface area contributed by atoms with Crippen molar-refractivity contribution in [2.24, 2.45) is 5.73 Å². The molecule has 0 aliphatic heterocycles. The molecule has 0 saturated heterocycles. The number of hydrogen-bond donors (Lipinski definition) is 2. The highest BCUT2D eigenvalue weighted by Crippen LogP contribution is 2.37. The Hall–Kier alpha value is -1.69. The zero-order valence-corrected chi connectivity index (χ0v) is 9.97. The van der Waals surface area contributed by atoms with E-state index in [1.165, 1.54) is 0 Å². The average molecular weight is 245 g/mol. The van der Waals surface area contributed by atoms with Crippen LogP contribution in [0.5, 0.6) is 0 Å². The summed E-state index contributed by atoms with van der Waals surface area (Å²) in [5.41, 5.74) is 7.99. The topological polar surface area (TPSA) is 89.6 Å². The zero-order chi connectivity index (χ0) is 12.3. The van der Waals surface area contributed by atoms with Crippen LogP contribution in [0.25, 0.3) is 11.3 Å². The molecule has 2 aromatic heterocycles. The summed E-state index contributed by atoms with van der Waals surface area (Å²) in [6, 6.07) is 0.615. The molecule has 6 nitrogen and oxygen atoms in total. The lowest BCUT2D eigenvalue weighted by molar-refractivity contribution is 0.345. The summed E-state index contributed by atoms with van der Waals surface area (Å²) in [7, 11) is 0. The minimum absolute atomic E-state index is 0.0880. The molecule has 2 aromatic rings. The Bertz CT molecular complexity index is 663. The highest BCUT2D eigenvalue weighted by atomic mass is 16.1. The van der Waals surface area contributed by atoms with Gasteiger partial charge >= 0.3 is 5.69 Å². The first-order chi connectivity index (χ1) is 8.72. The number of nitrogens with one attached hydrogen (secondary N) is 1. The quantitative estimate of drug-likeness (QED) is 0.813. The van der Waals surface area contributed by atoms with Crippen molar-refractivity contribution in [3.8, 4) is 0 Å². The highest BCUT2D eigenvalue weighted by molar-refractivity contribution is 5.65. The summed E-state index contributed by atoms with van der Waals surface area (Å²) in [5, 5.41) is 0. The van der Waals surface area contributed by atoms with Gasteiger partial charge in [0, 0.05) is 18.0 Å². The summed E-state index contributed by atoms with van der Waals surface area (Å²) >= 11 is 0. The van der Waals surface area contributed by atoms with Crippen LogP contribution in [-0.2, 0) is 0 Å². The van der Waals surface area contributed by atoms with E-state index in [1.54, 1.807) is 10.8 Å². The van der Waals surface area contributed by atoms with Gasteiger partial charge in [0.2, 0.25) is 0 Å². The van der Waals surface area contributed by atoms with Crippen LogP contribution >= 0.6 is 0 Å². The van der Waals surface area contributed by atoms with E-state index >= 15 is 0 Å². The molecule has 2 saturated carbocycles. The van der Waals surface area contributed by atoms with Crippen LogP contribution in [0, 0.1) is 0 Å². The first kappa shape index (κ1) is 10.3. The molecule has 2 aliphatic rings. The lowest BCUT2D eigenvalue weighted by Crippen LogP contribution is -2.35. The molecule has 94 valence electrons. The molecule has 2 heterocycles. The molecular formula is C12H15N5O. The molecular weight excluding hydrogens is 230 g/mol. The maximum Gasteiger partial charge on any atom is 0.329 e. The Morgan fingerprint density at radius 1 is 1.39 bits per heavy atom. The molecule has 2 aliphatic carbocycles. The molecule has 6 heteroatoms. The van der Waals surface area contributed by atoms with Gasteiger partial charge in [0.25, 0.3) is 0 Å². The van der Waals surface area contributed by atoms with E-state index in [0.29, 0.717) is 29.3 Å². The number of rotatable bonds is 2. The molecule has 2 fully saturated rings. The van der Waals surface area contributed by atoms with Crippen molar-refractivity contribution >= 4 is 11.3 Å². The normalized spacial score (nSPS) is 27.4. The number of imidazole rings is 1. The fraction of sp³-hybridized carbons (Fsp3) is 0.583. The van der Waals surface area contributed by atoms with Crippen LogP contribution in [0.4, 0.5) is 0 Å². The Morgan fingerprint density at radius 2 is 2.17 bits per heavy atom. The van der Waals surface area contributed by atoms with E-state index in [0.717, 1.165) is 31.4 Å². The number of aromatic amines is 1. The molecule has 3 N–H and O–H groups in total. The summed E-state index contributed by atoms with van der Waals surface area (Å²) in [6.07, 6.45) is 5.84. The Balaban J connectivity index is 1.83. The summed E-state index contributed by atoms with van der Waals surface area (Å²) in [5.74, 6) is 0.412. The fourth-order valence-electron chi connectivity index (χ4n) is 2.68. The molecule has 0 bridgehead atoms. The largest absolute Gasteiger partial charge is 0.329 e. The fourth-order valence-corrected chi connectivity index (χ4v) is 2.68. The van der Waals surface area contributed by atoms with Gasteiger partial charge in [-0.05, 0) is 25.7 Å². The summed E-state index contributed by atoms with van der Waals surface area (Å²) in [6.45, 7) is 0. The predicted molar refractivity (Wildman–Crippen MR) is 66.4 cm³/mol. The van der Waals surface area contributed by atoms with Crippen molar-refractivity contribution < 1.29 is 0 Å². The SMILES string of the molecule is NC1CC(c2cnc3[nH]c(=O)n(C4CC4)c3n2)C1. The van der Waals surface area contributed by atoms with E-state index in [9.17, 15) is 4.79 Å². The predicted octanol–water partition coefficient (Wildman–Crippen LogP) is 0.659. The monoisotopic (exact) mass is 245 g/mol. The van der Waals surface area contributed by atoms with Crippen molar-refractivity contribution in [1.29, 1.82) is 0 Å². The smallest absolute Gasteiger partial charge is 0.328 e. The zero-order valence-electron chi connectivity index (χ0n) is 9.97. The van der Waals surface area contributed by atoms with Crippen molar-refractivity contribution in [3.05, 3.63) is 22.4 Å². The number of nitrogens with zero attached hydrogens (tertiary/aromatic N) is 3. The van der Waals surface area contributed by atoms with Gasteiger partial charge < -0.3 is 5.73 Å². The van der Waals surface area contributed by atoms with E-state index in [-0.39, 0.29) is 5.69 Å². The van der Waals surface area contributed by atoms with Gasteiger partial charge in [0.1, 0.15) is 0 Å². The van der Waals surface area contributed by atoms with Crippen LogP contribution < -0.4 is 11.4 Å². The molecule has 0 unspecified atom stereocenters. The van der Waals surface area contributed by atoms with Gasteiger partial charge in [-0.1, -0.05) is 0 Å². The lowest BCUT2D eigenvalue weighted by Gasteiger charge is -2.31. The Morgan fingerprint density at radius 3 is 2.83 bits per heavy atom. The number of aromatic nitrogens is 4. The van der Waals surface area contributed by atoms with Gasteiger partial charge in [-0.2, -0.15) is 0 Å². The van der Waals surface area contributed by atoms with Crippen LogP contribution in [-0.4, -0.2) is 25.6 Å². The summed E-state index contributed by atoms with van der Waals surface area (Å²) in [4.78, 5) is 23.6. The van der Waals surface area contributed by atoms with E-state index in [1.807, 2.05) is 0 Å². The van der Waals surface area contributed by atoms with Crippen molar-refractivity contribution in [2.45, 2.75) is 43.7 Å². The van der Waals surface area contributed by atoms with E-state index in [2.05, 4.69) is 15.0 Å². The number of H-pyrrole nitrogens is 1. The Kier molecular flexibility index (Phi) is 1.94. The molecule has 0 atom stereocenters. The van der Waals surface area contributed by atoms with Crippen molar-refractivity contribution in [2.75, 3.05) is 0 Å². The van der Waals surface area contributed by atoms with Gasteiger partial charge in [-0.3, -0.25) is 9.55 Å². The standard InChI is InChI=1S/C12H15N5O/c13-7-3-6(4-7)9-5-14-10-11(15-9)17(8-1-2-8)12(18)16-10/h5-8H,1-4,13H2,(H,14,16,18). The van der Waals surface area contributed by atoms with E-state index in [4.69, 9.17) is 5.73 Å².